The molecule has 2 fully saturated rings. The van der Waals surface area contributed by atoms with Crippen LogP contribution in [0.25, 0.3) is 11.0 Å². The van der Waals surface area contributed by atoms with E-state index in [2.05, 4.69) is 9.80 Å². The van der Waals surface area contributed by atoms with Crippen LogP contribution in [0.5, 0.6) is 5.75 Å². The van der Waals surface area contributed by atoms with Crippen LogP contribution in [0.4, 0.5) is 0 Å². The van der Waals surface area contributed by atoms with Gasteiger partial charge in [0.2, 0.25) is 0 Å². The lowest BCUT2D eigenvalue weighted by Crippen LogP contribution is -2.51. The Balaban J connectivity index is 1.59. The Kier molecular flexibility index (Phi) is 7.54. The zero-order valence-electron chi connectivity index (χ0n) is 19.9. The average molecular weight is 443 g/mol. The van der Waals surface area contributed by atoms with Crippen molar-refractivity contribution < 1.29 is 14.3 Å². The van der Waals surface area contributed by atoms with Gasteiger partial charge in [0.25, 0.3) is 0 Å². The summed E-state index contributed by atoms with van der Waals surface area (Å²) in [6, 6.07) is 4.23. The molecule has 6 heteroatoms. The van der Waals surface area contributed by atoms with E-state index in [1.54, 1.807) is 7.11 Å². The van der Waals surface area contributed by atoms with Crippen molar-refractivity contribution in [2.45, 2.75) is 65.0 Å². The number of aromatic hydroxyl groups is 1. The van der Waals surface area contributed by atoms with Gasteiger partial charge in [-0.2, -0.15) is 0 Å². The molecule has 1 aromatic heterocycles. The van der Waals surface area contributed by atoms with Crippen LogP contribution in [0.2, 0.25) is 0 Å². The van der Waals surface area contributed by atoms with Crippen LogP contribution in [0.15, 0.2) is 21.3 Å². The number of phenolic OH excluding ortho intramolecular Hbond substituents is 1. The Morgan fingerprint density at radius 1 is 1.19 bits per heavy atom. The number of ether oxygens (including phenoxy) is 1. The summed E-state index contributed by atoms with van der Waals surface area (Å²) in [7, 11) is 1.75. The molecule has 3 heterocycles. The number of aryl methyl sites for hydroxylation is 2. The molecular formula is C26H38N2O4. The first-order valence-electron chi connectivity index (χ1n) is 12.2. The zero-order valence-corrected chi connectivity index (χ0v) is 19.9. The summed E-state index contributed by atoms with van der Waals surface area (Å²) in [4.78, 5) is 17.1. The number of piperidine rings is 2. The quantitative estimate of drug-likeness (QED) is 0.488. The van der Waals surface area contributed by atoms with Gasteiger partial charge in [-0.15, -0.1) is 0 Å². The third kappa shape index (κ3) is 5.03. The lowest BCUT2D eigenvalue weighted by Gasteiger charge is -2.45. The highest BCUT2D eigenvalue weighted by Gasteiger charge is 2.34. The number of benzene rings is 1. The molecule has 0 unspecified atom stereocenters. The highest BCUT2D eigenvalue weighted by atomic mass is 16.5. The van der Waals surface area contributed by atoms with E-state index in [1.165, 1.54) is 51.3 Å². The first-order chi connectivity index (χ1) is 15.5. The molecule has 0 amide bonds. The molecular weight excluding hydrogens is 404 g/mol. The van der Waals surface area contributed by atoms with Gasteiger partial charge in [-0.05, 0) is 76.6 Å². The van der Waals surface area contributed by atoms with E-state index >= 15 is 0 Å². The topological polar surface area (TPSA) is 66.1 Å². The van der Waals surface area contributed by atoms with Crippen molar-refractivity contribution in [3.63, 3.8) is 0 Å². The van der Waals surface area contributed by atoms with E-state index in [1.807, 2.05) is 19.9 Å². The summed E-state index contributed by atoms with van der Waals surface area (Å²) in [6.07, 6.45) is 7.53. The number of hydrogen-bond donors (Lipinski definition) is 1. The van der Waals surface area contributed by atoms with Crippen LogP contribution >= 0.6 is 0 Å². The molecule has 2 atom stereocenters. The summed E-state index contributed by atoms with van der Waals surface area (Å²) in [6.45, 7) is 9.67. The predicted octanol–water partition coefficient (Wildman–Crippen LogP) is 4.22. The Hall–Kier alpha value is -1.89. The van der Waals surface area contributed by atoms with E-state index in [9.17, 15) is 9.90 Å². The monoisotopic (exact) mass is 442 g/mol. The maximum atomic E-state index is 11.8. The van der Waals surface area contributed by atoms with Crippen molar-refractivity contribution >= 4 is 11.0 Å². The maximum Gasteiger partial charge on any atom is 0.336 e. The van der Waals surface area contributed by atoms with Gasteiger partial charge in [-0.1, -0.05) is 6.42 Å². The minimum atomic E-state index is -0.374. The van der Waals surface area contributed by atoms with Gasteiger partial charge in [0.15, 0.2) is 0 Å². The number of methoxy groups -OCH3 is 1. The van der Waals surface area contributed by atoms with Crippen LogP contribution in [-0.2, 0) is 11.3 Å². The molecule has 0 bridgehead atoms. The van der Waals surface area contributed by atoms with E-state index in [0.717, 1.165) is 42.6 Å². The molecule has 2 saturated heterocycles. The van der Waals surface area contributed by atoms with E-state index in [-0.39, 0.29) is 11.4 Å². The Labute approximate surface area is 191 Å². The molecule has 176 valence electrons. The summed E-state index contributed by atoms with van der Waals surface area (Å²) in [5.74, 6) is 0.918. The fourth-order valence-electron chi connectivity index (χ4n) is 5.82. The average Bonchev–Trinajstić information content (AvgIpc) is 2.78. The van der Waals surface area contributed by atoms with Crippen LogP contribution < -0.4 is 5.63 Å². The molecule has 1 N–H and O–H groups in total. The largest absolute Gasteiger partial charge is 0.507 e. The highest BCUT2D eigenvalue weighted by molar-refractivity contribution is 5.85. The fraction of sp³-hybridized carbons (Fsp3) is 0.654. The molecule has 0 aliphatic carbocycles. The van der Waals surface area contributed by atoms with Crippen molar-refractivity contribution in [2.75, 3.05) is 39.9 Å². The summed E-state index contributed by atoms with van der Waals surface area (Å²) in [5, 5.41) is 11.9. The lowest BCUT2D eigenvalue weighted by molar-refractivity contribution is 0.0372. The fourth-order valence-corrected chi connectivity index (χ4v) is 5.82. The number of nitrogens with zero attached hydrogens (tertiary/aromatic N) is 2. The van der Waals surface area contributed by atoms with Gasteiger partial charge in [0, 0.05) is 62.0 Å². The molecule has 6 nitrogen and oxygen atoms in total. The second-order valence-corrected chi connectivity index (χ2v) is 9.72. The minimum Gasteiger partial charge on any atom is -0.507 e. The second-order valence-electron chi connectivity index (χ2n) is 9.72. The van der Waals surface area contributed by atoms with Gasteiger partial charge in [0.1, 0.15) is 11.3 Å². The molecule has 32 heavy (non-hydrogen) atoms. The Bertz CT molecular complexity index is 984. The predicted molar refractivity (Wildman–Crippen MR) is 127 cm³/mol. The molecule has 1 aromatic carbocycles. The first kappa shape index (κ1) is 23.3. The molecule has 4 rings (SSSR count). The summed E-state index contributed by atoms with van der Waals surface area (Å²) in [5.41, 5.74) is 2.55. The normalized spacial score (nSPS) is 21.9. The Morgan fingerprint density at radius 3 is 2.81 bits per heavy atom. The molecule has 0 radical (unpaired) electrons. The van der Waals surface area contributed by atoms with Crippen molar-refractivity contribution in [2.24, 2.45) is 5.92 Å². The molecule has 2 aliphatic heterocycles. The number of fused-ring (bicyclic) bond motifs is 2. The molecule has 0 spiro atoms. The van der Waals surface area contributed by atoms with Crippen LogP contribution in [0.1, 0.15) is 55.2 Å². The van der Waals surface area contributed by atoms with Gasteiger partial charge >= 0.3 is 5.63 Å². The van der Waals surface area contributed by atoms with Gasteiger partial charge < -0.3 is 19.2 Å². The Morgan fingerprint density at radius 2 is 2.00 bits per heavy atom. The van der Waals surface area contributed by atoms with Gasteiger partial charge in [0.05, 0.1) is 0 Å². The summed E-state index contributed by atoms with van der Waals surface area (Å²) < 4.78 is 10.7. The van der Waals surface area contributed by atoms with Crippen molar-refractivity contribution in [1.82, 2.24) is 9.80 Å². The second kappa shape index (κ2) is 10.4. The smallest absolute Gasteiger partial charge is 0.336 e. The number of hydrogen-bond acceptors (Lipinski definition) is 6. The van der Waals surface area contributed by atoms with Crippen molar-refractivity contribution in [1.29, 1.82) is 0 Å². The zero-order chi connectivity index (χ0) is 22.7. The summed E-state index contributed by atoms with van der Waals surface area (Å²) >= 11 is 0. The standard InChI is InChI=1S/C26H38N2O4/c1-18-14-24(29)32-26-19(2)25(30)21(15-22(18)26)17-27(10-7-13-31-3)16-20-8-6-12-28-11-5-4-9-23(20)28/h14-15,20,23,30H,4-13,16-17H2,1-3H3/t20-,23+/m0/s1. The van der Waals surface area contributed by atoms with Crippen LogP contribution in [0.3, 0.4) is 0 Å². The van der Waals surface area contributed by atoms with Gasteiger partial charge in [-0.3, -0.25) is 4.90 Å². The van der Waals surface area contributed by atoms with E-state index in [0.29, 0.717) is 29.7 Å². The number of phenols is 1. The lowest BCUT2D eigenvalue weighted by atomic mass is 9.83. The highest BCUT2D eigenvalue weighted by Crippen LogP contribution is 2.34. The van der Waals surface area contributed by atoms with Crippen LogP contribution in [-0.4, -0.2) is 60.8 Å². The molecule has 2 aliphatic rings. The minimum absolute atomic E-state index is 0.242. The molecule has 0 saturated carbocycles. The SMILES string of the molecule is COCCCN(Cc1cc2c(C)cc(=O)oc2c(C)c1O)C[C@@H]1CCCN2CCCC[C@H]12. The van der Waals surface area contributed by atoms with E-state index in [4.69, 9.17) is 9.15 Å². The van der Waals surface area contributed by atoms with E-state index < -0.39 is 0 Å². The maximum absolute atomic E-state index is 11.8. The third-order valence-electron chi connectivity index (χ3n) is 7.46. The van der Waals surface area contributed by atoms with Crippen molar-refractivity contribution in [3.05, 3.63) is 39.2 Å². The number of rotatable bonds is 8. The van der Waals surface area contributed by atoms with Gasteiger partial charge in [-0.25, -0.2) is 4.79 Å². The first-order valence-corrected chi connectivity index (χ1v) is 12.2. The van der Waals surface area contributed by atoms with Crippen LogP contribution in [0, 0.1) is 19.8 Å². The van der Waals surface area contributed by atoms with Crippen molar-refractivity contribution in [3.8, 4) is 5.75 Å². The molecule has 2 aromatic rings. The third-order valence-corrected chi connectivity index (χ3v) is 7.46.